The third-order valence-electron chi connectivity index (χ3n) is 4.75. The predicted octanol–water partition coefficient (Wildman–Crippen LogP) is 2.02. The average molecular weight is 271 g/mol. The molecule has 2 aromatic rings. The molecule has 106 valence electrons. The molecule has 0 aromatic carbocycles. The highest BCUT2D eigenvalue weighted by atomic mass is 15.3. The van der Waals surface area contributed by atoms with Gasteiger partial charge in [-0.1, -0.05) is 6.92 Å². The zero-order valence-corrected chi connectivity index (χ0v) is 11.9. The SMILES string of the molecule is CCCN1C2CCC1CN(c1ncnc3[nH]ccc13)C2. The first-order chi connectivity index (χ1) is 9.86. The molecule has 4 rings (SSSR count). The molecule has 2 saturated heterocycles. The number of fused-ring (bicyclic) bond motifs is 3. The number of nitrogens with zero attached hydrogens (tertiary/aromatic N) is 4. The third kappa shape index (κ3) is 1.80. The fourth-order valence-electron chi connectivity index (χ4n) is 3.90. The van der Waals surface area contributed by atoms with Gasteiger partial charge in [-0.05, 0) is 31.9 Å². The van der Waals surface area contributed by atoms with Gasteiger partial charge in [0.1, 0.15) is 17.8 Å². The van der Waals surface area contributed by atoms with Crippen LogP contribution in [0.4, 0.5) is 5.82 Å². The van der Waals surface area contributed by atoms with Gasteiger partial charge < -0.3 is 9.88 Å². The van der Waals surface area contributed by atoms with Crippen molar-refractivity contribution in [1.82, 2.24) is 19.9 Å². The number of hydrogen-bond acceptors (Lipinski definition) is 4. The van der Waals surface area contributed by atoms with E-state index in [1.807, 2.05) is 6.20 Å². The average Bonchev–Trinajstić information content (AvgIpc) is 3.01. The van der Waals surface area contributed by atoms with Crippen molar-refractivity contribution in [3.63, 3.8) is 0 Å². The van der Waals surface area contributed by atoms with Gasteiger partial charge in [0, 0.05) is 31.4 Å². The standard InChI is InChI=1S/C15H21N5/c1-2-7-20-11-3-4-12(20)9-19(8-11)15-13-5-6-16-14(13)17-10-18-15/h5-6,10-12H,2-4,7-9H2,1H3,(H,16,17,18). The molecule has 2 bridgehead atoms. The van der Waals surface area contributed by atoms with Gasteiger partial charge in [-0.3, -0.25) is 4.90 Å². The van der Waals surface area contributed by atoms with Crippen LogP contribution in [0.1, 0.15) is 26.2 Å². The van der Waals surface area contributed by atoms with Gasteiger partial charge in [0.2, 0.25) is 0 Å². The minimum absolute atomic E-state index is 0.706. The predicted molar refractivity (Wildman–Crippen MR) is 79.9 cm³/mol. The Labute approximate surface area is 119 Å². The van der Waals surface area contributed by atoms with E-state index in [4.69, 9.17) is 0 Å². The Balaban J connectivity index is 1.64. The van der Waals surface area contributed by atoms with Crippen molar-refractivity contribution in [2.75, 3.05) is 24.5 Å². The summed E-state index contributed by atoms with van der Waals surface area (Å²) in [5.74, 6) is 1.10. The van der Waals surface area contributed by atoms with Gasteiger partial charge in [-0.15, -0.1) is 0 Å². The van der Waals surface area contributed by atoms with Crippen molar-refractivity contribution in [3.05, 3.63) is 18.6 Å². The molecule has 0 radical (unpaired) electrons. The number of piperazine rings is 1. The maximum atomic E-state index is 4.55. The van der Waals surface area contributed by atoms with Crippen LogP contribution in [0, 0.1) is 0 Å². The second-order valence-corrected chi connectivity index (χ2v) is 5.97. The number of H-pyrrole nitrogens is 1. The zero-order valence-electron chi connectivity index (χ0n) is 11.9. The summed E-state index contributed by atoms with van der Waals surface area (Å²) >= 11 is 0. The van der Waals surface area contributed by atoms with E-state index < -0.39 is 0 Å². The molecule has 20 heavy (non-hydrogen) atoms. The Bertz CT molecular complexity index is 593. The molecule has 2 aromatic heterocycles. The Morgan fingerprint density at radius 3 is 2.80 bits per heavy atom. The van der Waals surface area contributed by atoms with Gasteiger partial charge in [-0.25, -0.2) is 9.97 Å². The summed E-state index contributed by atoms with van der Waals surface area (Å²) in [5, 5.41) is 1.15. The molecule has 5 heteroatoms. The van der Waals surface area contributed by atoms with E-state index in [0.717, 1.165) is 29.9 Å². The summed E-state index contributed by atoms with van der Waals surface area (Å²) in [6, 6.07) is 3.50. The third-order valence-corrected chi connectivity index (χ3v) is 4.75. The molecule has 0 spiro atoms. The van der Waals surface area contributed by atoms with Crippen LogP contribution < -0.4 is 4.90 Å². The first-order valence-electron chi connectivity index (χ1n) is 7.65. The minimum atomic E-state index is 0.706. The van der Waals surface area contributed by atoms with Crippen LogP contribution in [0.3, 0.4) is 0 Å². The van der Waals surface area contributed by atoms with Crippen LogP contribution in [0.2, 0.25) is 0 Å². The molecular weight excluding hydrogens is 250 g/mol. The van der Waals surface area contributed by atoms with Crippen molar-refractivity contribution < 1.29 is 0 Å². The van der Waals surface area contributed by atoms with Crippen LogP contribution in [-0.2, 0) is 0 Å². The number of nitrogens with one attached hydrogen (secondary N) is 1. The lowest BCUT2D eigenvalue weighted by molar-refractivity contribution is 0.169. The monoisotopic (exact) mass is 271 g/mol. The van der Waals surface area contributed by atoms with Gasteiger partial charge >= 0.3 is 0 Å². The maximum Gasteiger partial charge on any atom is 0.142 e. The largest absolute Gasteiger partial charge is 0.353 e. The number of aromatic amines is 1. The lowest BCUT2D eigenvalue weighted by atomic mass is 10.1. The molecule has 2 unspecified atom stereocenters. The molecule has 1 N–H and O–H groups in total. The topological polar surface area (TPSA) is 48.1 Å². The molecule has 0 saturated carbocycles. The van der Waals surface area contributed by atoms with E-state index in [1.165, 1.54) is 25.8 Å². The first kappa shape index (κ1) is 12.1. The van der Waals surface area contributed by atoms with Crippen molar-refractivity contribution in [1.29, 1.82) is 0 Å². The fraction of sp³-hybridized carbons (Fsp3) is 0.600. The lowest BCUT2D eigenvalue weighted by Crippen LogP contribution is -2.54. The van der Waals surface area contributed by atoms with Gasteiger partial charge in [-0.2, -0.15) is 0 Å². The Morgan fingerprint density at radius 1 is 1.25 bits per heavy atom. The Morgan fingerprint density at radius 2 is 2.05 bits per heavy atom. The van der Waals surface area contributed by atoms with Crippen LogP contribution in [0.15, 0.2) is 18.6 Å². The smallest absolute Gasteiger partial charge is 0.142 e. The van der Waals surface area contributed by atoms with Crippen LogP contribution in [-0.4, -0.2) is 51.6 Å². The van der Waals surface area contributed by atoms with Crippen molar-refractivity contribution >= 4 is 16.9 Å². The van der Waals surface area contributed by atoms with Gasteiger partial charge in [0.25, 0.3) is 0 Å². The van der Waals surface area contributed by atoms with Crippen LogP contribution in [0.5, 0.6) is 0 Å². The maximum absolute atomic E-state index is 4.55. The Hall–Kier alpha value is -1.62. The van der Waals surface area contributed by atoms with Gasteiger partial charge in [0.05, 0.1) is 5.39 Å². The fourth-order valence-corrected chi connectivity index (χ4v) is 3.90. The summed E-state index contributed by atoms with van der Waals surface area (Å²) in [6.07, 6.45) is 7.55. The highest BCUT2D eigenvalue weighted by Crippen LogP contribution is 2.33. The van der Waals surface area contributed by atoms with Crippen LogP contribution >= 0.6 is 0 Å². The molecule has 2 atom stereocenters. The molecule has 2 aliphatic rings. The quantitative estimate of drug-likeness (QED) is 0.928. The summed E-state index contributed by atoms with van der Waals surface area (Å²) in [4.78, 5) is 17.2. The second kappa shape index (κ2) is 4.74. The number of rotatable bonds is 3. The van der Waals surface area contributed by atoms with E-state index in [0.29, 0.717) is 12.1 Å². The van der Waals surface area contributed by atoms with Gasteiger partial charge in [0.15, 0.2) is 0 Å². The van der Waals surface area contributed by atoms with Crippen LogP contribution in [0.25, 0.3) is 11.0 Å². The molecule has 0 aliphatic carbocycles. The summed E-state index contributed by atoms with van der Waals surface area (Å²) < 4.78 is 0. The van der Waals surface area contributed by atoms with E-state index in [-0.39, 0.29) is 0 Å². The summed E-state index contributed by atoms with van der Waals surface area (Å²) in [5.41, 5.74) is 0.943. The summed E-state index contributed by atoms with van der Waals surface area (Å²) in [7, 11) is 0. The molecule has 5 nitrogen and oxygen atoms in total. The summed E-state index contributed by atoms with van der Waals surface area (Å²) in [6.45, 7) is 5.73. The van der Waals surface area contributed by atoms with Crippen molar-refractivity contribution in [2.24, 2.45) is 0 Å². The minimum Gasteiger partial charge on any atom is -0.353 e. The lowest BCUT2D eigenvalue weighted by Gasteiger charge is -2.41. The second-order valence-electron chi connectivity index (χ2n) is 5.97. The van der Waals surface area contributed by atoms with Crippen molar-refractivity contribution in [2.45, 2.75) is 38.3 Å². The molecule has 2 fully saturated rings. The van der Waals surface area contributed by atoms with E-state index in [2.05, 4.69) is 37.7 Å². The zero-order chi connectivity index (χ0) is 13.5. The number of hydrogen-bond donors (Lipinski definition) is 1. The van der Waals surface area contributed by atoms with Crippen molar-refractivity contribution in [3.8, 4) is 0 Å². The van der Waals surface area contributed by atoms with E-state index >= 15 is 0 Å². The molecule has 2 aliphatic heterocycles. The molecule has 4 heterocycles. The molecular formula is C15H21N5. The first-order valence-corrected chi connectivity index (χ1v) is 7.65. The highest BCUT2D eigenvalue weighted by Gasteiger charge is 2.39. The number of aromatic nitrogens is 3. The number of anilines is 1. The molecule has 0 amide bonds. The normalized spacial score (nSPS) is 26.6. The Kier molecular flexibility index (Phi) is 2.88. The van der Waals surface area contributed by atoms with E-state index in [1.54, 1.807) is 6.33 Å². The van der Waals surface area contributed by atoms with E-state index in [9.17, 15) is 0 Å². The highest BCUT2D eigenvalue weighted by molar-refractivity contribution is 5.87.